The zero-order valence-electron chi connectivity index (χ0n) is 10.3. The number of sulfone groups is 1. The summed E-state index contributed by atoms with van der Waals surface area (Å²) in [4.78, 5) is 3.98. The average Bonchev–Trinajstić information content (AvgIpc) is 2.73. The van der Waals surface area contributed by atoms with E-state index in [1.165, 1.54) is 6.26 Å². The van der Waals surface area contributed by atoms with Crippen LogP contribution in [0, 0.1) is 0 Å². The number of rotatable bonds is 9. The molecule has 1 aromatic heterocycles. The SMILES string of the molecule is CS(=O)(=O)CCCNCCCCn1ccnc1. The van der Waals surface area contributed by atoms with Crippen LogP contribution in [-0.2, 0) is 16.4 Å². The molecule has 1 rings (SSSR count). The number of nitrogens with one attached hydrogen (secondary N) is 1. The van der Waals surface area contributed by atoms with Gasteiger partial charge in [-0.25, -0.2) is 13.4 Å². The van der Waals surface area contributed by atoms with Crippen molar-refractivity contribution in [3.63, 3.8) is 0 Å². The van der Waals surface area contributed by atoms with E-state index < -0.39 is 9.84 Å². The molecule has 0 aliphatic heterocycles. The molecule has 0 aromatic carbocycles. The normalized spacial score (nSPS) is 11.8. The number of hydrogen-bond acceptors (Lipinski definition) is 4. The summed E-state index contributed by atoms with van der Waals surface area (Å²) in [6.07, 6.45) is 9.73. The monoisotopic (exact) mass is 259 g/mol. The Labute approximate surface area is 103 Å². The highest BCUT2D eigenvalue weighted by molar-refractivity contribution is 7.90. The summed E-state index contributed by atoms with van der Waals surface area (Å²) < 4.78 is 23.8. The van der Waals surface area contributed by atoms with E-state index in [2.05, 4.69) is 14.9 Å². The van der Waals surface area contributed by atoms with Crippen molar-refractivity contribution < 1.29 is 8.42 Å². The predicted molar refractivity (Wildman–Crippen MR) is 68.7 cm³/mol. The lowest BCUT2D eigenvalue weighted by Gasteiger charge is -2.04. The van der Waals surface area contributed by atoms with Gasteiger partial charge in [-0.15, -0.1) is 0 Å². The lowest BCUT2D eigenvalue weighted by molar-refractivity contribution is 0.563. The van der Waals surface area contributed by atoms with Crippen LogP contribution in [0.25, 0.3) is 0 Å². The number of hydrogen-bond donors (Lipinski definition) is 1. The highest BCUT2D eigenvalue weighted by Gasteiger charge is 2.00. The van der Waals surface area contributed by atoms with E-state index in [1.807, 2.05) is 12.5 Å². The van der Waals surface area contributed by atoms with Gasteiger partial charge < -0.3 is 9.88 Å². The van der Waals surface area contributed by atoms with Gasteiger partial charge in [-0.3, -0.25) is 0 Å². The number of unbranched alkanes of at least 4 members (excludes halogenated alkanes) is 1. The molecule has 6 heteroatoms. The van der Waals surface area contributed by atoms with Gasteiger partial charge in [-0.2, -0.15) is 0 Å². The van der Waals surface area contributed by atoms with Crippen molar-refractivity contribution in [2.75, 3.05) is 25.1 Å². The van der Waals surface area contributed by atoms with E-state index in [4.69, 9.17) is 0 Å². The second-order valence-corrected chi connectivity index (χ2v) is 6.50. The van der Waals surface area contributed by atoms with E-state index in [-0.39, 0.29) is 5.75 Å². The van der Waals surface area contributed by atoms with Gasteiger partial charge in [0.05, 0.1) is 12.1 Å². The summed E-state index contributed by atoms with van der Waals surface area (Å²) in [5, 5.41) is 3.25. The lowest BCUT2D eigenvalue weighted by atomic mass is 10.3. The van der Waals surface area contributed by atoms with E-state index in [1.54, 1.807) is 6.20 Å². The summed E-state index contributed by atoms with van der Waals surface area (Å²) >= 11 is 0. The standard InChI is InChI=1S/C11H21N3O2S/c1-17(15,16)10-4-6-12-5-2-3-8-14-9-7-13-11-14/h7,9,11-12H,2-6,8,10H2,1H3. The summed E-state index contributed by atoms with van der Waals surface area (Å²) in [5.74, 6) is 0.273. The molecular weight excluding hydrogens is 238 g/mol. The molecule has 0 saturated carbocycles. The van der Waals surface area contributed by atoms with Crippen LogP contribution in [-0.4, -0.2) is 43.1 Å². The van der Waals surface area contributed by atoms with Gasteiger partial charge in [-0.05, 0) is 32.4 Å². The van der Waals surface area contributed by atoms with Crippen molar-refractivity contribution in [2.45, 2.75) is 25.8 Å². The largest absolute Gasteiger partial charge is 0.337 e. The van der Waals surface area contributed by atoms with Gasteiger partial charge in [0.25, 0.3) is 0 Å². The van der Waals surface area contributed by atoms with Crippen molar-refractivity contribution in [3.05, 3.63) is 18.7 Å². The predicted octanol–water partition coefficient (Wildman–Crippen LogP) is 0.688. The van der Waals surface area contributed by atoms with Crippen molar-refractivity contribution >= 4 is 9.84 Å². The molecule has 0 unspecified atom stereocenters. The van der Waals surface area contributed by atoms with Gasteiger partial charge in [0, 0.05) is 25.2 Å². The molecule has 98 valence electrons. The molecule has 0 aliphatic rings. The molecule has 0 saturated heterocycles. The number of aromatic nitrogens is 2. The van der Waals surface area contributed by atoms with Crippen LogP contribution in [0.5, 0.6) is 0 Å². The van der Waals surface area contributed by atoms with Gasteiger partial charge in [0.2, 0.25) is 0 Å². The van der Waals surface area contributed by atoms with Gasteiger partial charge in [0.15, 0.2) is 0 Å². The Hall–Kier alpha value is -0.880. The minimum absolute atomic E-state index is 0.273. The van der Waals surface area contributed by atoms with E-state index in [9.17, 15) is 8.42 Å². The van der Waals surface area contributed by atoms with E-state index >= 15 is 0 Å². The lowest BCUT2D eigenvalue weighted by Crippen LogP contribution is -2.19. The van der Waals surface area contributed by atoms with E-state index in [0.717, 1.165) is 32.5 Å². The molecule has 17 heavy (non-hydrogen) atoms. The third kappa shape index (κ3) is 7.93. The molecule has 1 N–H and O–H groups in total. The quantitative estimate of drug-likeness (QED) is 0.663. The zero-order valence-corrected chi connectivity index (χ0v) is 11.1. The van der Waals surface area contributed by atoms with Crippen LogP contribution in [0.1, 0.15) is 19.3 Å². The van der Waals surface area contributed by atoms with Crippen LogP contribution >= 0.6 is 0 Å². The highest BCUT2D eigenvalue weighted by Crippen LogP contribution is 1.94. The van der Waals surface area contributed by atoms with Crippen molar-refractivity contribution in [1.82, 2.24) is 14.9 Å². The fourth-order valence-electron chi connectivity index (χ4n) is 1.55. The Kier molecular flexibility index (Phi) is 6.21. The fraction of sp³-hybridized carbons (Fsp3) is 0.727. The first-order valence-electron chi connectivity index (χ1n) is 5.92. The summed E-state index contributed by atoms with van der Waals surface area (Å²) in [6.45, 7) is 2.71. The van der Waals surface area contributed by atoms with Crippen LogP contribution in [0.2, 0.25) is 0 Å². The van der Waals surface area contributed by atoms with Gasteiger partial charge >= 0.3 is 0 Å². The molecular formula is C11H21N3O2S. The number of aryl methyl sites for hydroxylation is 1. The first-order valence-corrected chi connectivity index (χ1v) is 7.98. The molecule has 5 nitrogen and oxygen atoms in total. The third-order valence-electron chi connectivity index (χ3n) is 2.45. The average molecular weight is 259 g/mol. The molecule has 0 fully saturated rings. The number of imidazole rings is 1. The molecule has 1 aromatic rings. The number of nitrogens with zero attached hydrogens (tertiary/aromatic N) is 2. The minimum atomic E-state index is -2.80. The molecule has 0 bridgehead atoms. The molecule has 0 amide bonds. The second kappa shape index (κ2) is 7.45. The van der Waals surface area contributed by atoms with Crippen molar-refractivity contribution in [1.29, 1.82) is 0 Å². The Morgan fingerprint density at radius 1 is 1.24 bits per heavy atom. The highest BCUT2D eigenvalue weighted by atomic mass is 32.2. The molecule has 1 heterocycles. The molecule has 0 atom stereocenters. The maximum Gasteiger partial charge on any atom is 0.147 e. The van der Waals surface area contributed by atoms with E-state index in [0.29, 0.717) is 6.42 Å². The van der Waals surface area contributed by atoms with Crippen LogP contribution in [0.4, 0.5) is 0 Å². The smallest absolute Gasteiger partial charge is 0.147 e. The molecule has 0 radical (unpaired) electrons. The Morgan fingerprint density at radius 3 is 2.65 bits per heavy atom. The van der Waals surface area contributed by atoms with Crippen LogP contribution in [0.3, 0.4) is 0 Å². The second-order valence-electron chi connectivity index (χ2n) is 4.24. The Balaban J connectivity index is 1.88. The minimum Gasteiger partial charge on any atom is -0.337 e. The van der Waals surface area contributed by atoms with Crippen LogP contribution < -0.4 is 5.32 Å². The third-order valence-corrected chi connectivity index (χ3v) is 3.48. The maximum atomic E-state index is 10.9. The van der Waals surface area contributed by atoms with Crippen molar-refractivity contribution in [3.8, 4) is 0 Å². The zero-order chi connectivity index (χ0) is 12.6. The summed E-state index contributed by atoms with van der Waals surface area (Å²) in [6, 6.07) is 0. The van der Waals surface area contributed by atoms with Gasteiger partial charge in [0.1, 0.15) is 9.84 Å². The fourth-order valence-corrected chi connectivity index (χ4v) is 2.22. The first-order chi connectivity index (χ1) is 8.08. The summed E-state index contributed by atoms with van der Waals surface area (Å²) in [5.41, 5.74) is 0. The first kappa shape index (κ1) is 14.2. The Morgan fingerprint density at radius 2 is 2.00 bits per heavy atom. The molecule has 0 aliphatic carbocycles. The van der Waals surface area contributed by atoms with Crippen LogP contribution in [0.15, 0.2) is 18.7 Å². The maximum absolute atomic E-state index is 10.9. The van der Waals surface area contributed by atoms with Gasteiger partial charge in [-0.1, -0.05) is 0 Å². The summed E-state index contributed by atoms with van der Waals surface area (Å²) in [7, 11) is -2.80. The van der Waals surface area contributed by atoms with Crippen molar-refractivity contribution in [2.24, 2.45) is 0 Å². The topological polar surface area (TPSA) is 64.0 Å². The Bertz CT molecular complexity index is 387. The molecule has 0 spiro atoms.